The number of carbonyl (C=O) groups excluding carboxylic acids is 1. The van der Waals surface area contributed by atoms with Gasteiger partial charge in [0.15, 0.2) is 11.7 Å². The lowest BCUT2D eigenvalue weighted by Gasteiger charge is -2.09. The average molecular weight is 448 g/mol. The van der Waals surface area contributed by atoms with Crippen LogP contribution in [0.15, 0.2) is 33.7 Å². The van der Waals surface area contributed by atoms with Crippen molar-refractivity contribution in [3.8, 4) is 0 Å². The molecule has 1 amide bonds. The Hall–Kier alpha value is -1.55. The lowest BCUT2D eigenvalue weighted by Crippen LogP contribution is -2.36. The van der Waals surface area contributed by atoms with Gasteiger partial charge in [-0.15, -0.1) is 35.3 Å². The van der Waals surface area contributed by atoms with Crippen molar-refractivity contribution in [3.63, 3.8) is 0 Å². The number of aliphatic imine (C=N–C) groups is 1. The Morgan fingerprint density at radius 1 is 1.30 bits per heavy atom. The molecule has 0 atom stereocenters. The Balaban J connectivity index is 0.00000264. The van der Waals surface area contributed by atoms with Gasteiger partial charge in [-0.2, -0.15) is 0 Å². The van der Waals surface area contributed by atoms with Gasteiger partial charge in [0.1, 0.15) is 12.3 Å². The molecule has 23 heavy (non-hydrogen) atoms. The van der Waals surface area contributed by atoms with Crippen LogP contribution in [0.2, 0.25) is 0 Å². The smallest absolute Gasteiger partial charge is 0.284 e. The number of thiophene rings is 1. The first-order valence-electron chi connectivity index (χ1n) is 7.04. The van der Waals surface area contributed by atoms with Crippen LogP contribution in [0.4, 0.5) is 0 Å². The summed E-state index contributed by atoms with van der Waals surface area (Å²) >= 11 is 1.75. The SMILES string of the molecule is CCNC(=NCc1ccc(C(N)=O)o1)NCc1ccc(C)s1.I. The van der Waals surface area contributed by atoms with Crippen LogP contribution in [0.1, 0.15) is 33.0 Å². The van der Waals surface area contributed by atoms with E-state index in [1.54, 1.807) is 23.5 Å². The molecule has 4 N–H and O–H groups in total. The summed E-state index contributed by atoms with van der Waals surface area (Å²) in [6.45, 7) is 5.91. The third-order valence-electron chi connectivity index (χ3n) is 2.87. The van der Waals surface area contributed by atoms with Crippen LogP contribution in [-0.2, 0) is 13.1 Å². The standard InChI is InChI=1S/C15H20N4O2S.HI/c1-3-17-15(19-9-12-6-4-10(2)22-12)18-8-11-5-7-13(21-11)14(16)20;/h4-7H,3,8-9H2,1-2H3,(H2,16,20)(H2,17,18,19);1H. The van der Waals surface area contributed by atoms with Crippen molar-refractivity contribution in [2.45, 2.75) is 26.9 Å². The predicted molar refractivity (Wildman–Crippen MR) is 103 cm³/mol. The van der Waals surface area contributed by atoms with E-state index in [9.17, 15) is 4.79 Å². The van der Waals surface area contributed by atoms with Crippen molar-refractivity contribution in [1.82, 2.24) is 10.6 Å². The molecule has 0 saturated heterocycles. The fourth-order valence-electron chi connectivity index (χ4n) is 1.85. The van der Waals surface area contributed by atoms with Gasteiger partial charge < -0.3 is 20.8 Å². The average Bonchev–Trinajstić information content (AvgIpc) is 3.11. The molecular formula is C15H21IN4O2S. The predicted octanol–water partition coefficient (Wildman–Crippen LogP) is 2.62. The minimum absolute atomic E-state index is 0. The molecule has 0 aliphatic carbocycles. The van der Waals surface area contributed by atoms with E-state index < -0.39 is 5.91 Å². The van der Waals surface area contributed by atoms with Crippen LogP contribution >= 0.6 is 35.3 Å². The van der Waals surface area contributed by atoms with E-state index in [0.29, 0.717) is 18.3 Å². The minimum Gasteiger partial charge on any atom is -0.454 e. The van der Waals surface area contributed by atoms with Crippen LogP contribution in [-0.4, -0.2) is 18.4 Å². The molecule has 0 fully saturated rings. The molecule has 0 bridgehead atoms. The van der Waals surface area contributed by atoms with Gasteiger partial charge in [0.25, 0.3) is 5.91 Å². The van der Waals surface area contributed by atoms with Crippen LogP contribution < -0.4 is 16.4 Å². The summed E-state index contributed by atoms with van der Waals surface area (Å²) in [5.41, 5.74) is 5.15. The van der Waals surface area contributed by atoms with E-state index in [-0.39, 0.29) is 29.7 Å². The Morgan fingerprint density at radius 2 is 2.09 bits per heavy atom. The maximum atomic E-state index is 11.0. The fourth-order valence-corrected chi connectivity index (χ4v) is 2.68. The summed E-state index contributed by atoms with van der Waals surface area (Å²) in [6, 6.07) is 7.46. The number of nitrogens with zero attached hydrogens (tertiary/aromatic N) is 1. The molecule has 2 rings (SSSR count). The Kier molecular flexibility index (Phi) is 8.10. The van der Waals surface area contributed by atoms with Crippen molar-refractivity contribution >= 4 is 47.2 Å². The summed E-state index contributed by atoms with van der Waals surface area (Å²) in [4.78, 5) is 17.9. The van der Waals surface area contributed by atoms with Gasteiger partial charge in [-0.3, -0.25) is 4.79 Å². The number of primary amides is 1. The lowest BCUT2D eigenvalue weighted by atomic mass is 10.4. The van der Waals surface area contributed by atoms with Gasteiger partial charge in [-0.05, 0) is 38.1 Å². The van der Waals surface area contributed by atoms with Gasteiger partial charge in [0.2, 0.25) is 0 Å². The number of halogens is 1. The Morgan fingerprint density at radius 3 is 2.65 bits per heavy atom. The Bertz CT molecular complexity index is 666. The van der Waals surface area contributed by atoms with E-state index in [2.05, 4.69) is 34.7 Å². The summed E-state index contributed by atoms with van der Waals surface area (Å²) < 4.78 is 5.30. The molecule has 126 valence electrons. The first-order chi connectivity index (χ1) is 10.6. The van der Waals surface area contributed by atoms with E-state index in [1.165, 1.54) is 9.75 Å². The zero-order valence-electron chi connectivity index (χ0n) is 13.1. The molecule has 0 radical (unpaired) electrons. The minimum atomic E-state index is -0.576. The highest BCUT2D eigenvalue weighted by Gasteiger charge is 2.07. The van der Waals surface area contributed by atoms with Crippen molar-refractivity contribution in [2.75, 3.05) is 6.54 Å². The third-order valence-corrected chi connectivity index (χ3v) is 3.87. The highest BCUT2D eigenvalue weighted by molar-refractivity contribution is 14.0. The molecule has 0 aliphatic heterocycles. The van der Waals surface area contributed by atoms with E-state index in [4.69, 9.17) is 10.2 Å². The van der Waals surface area contributed by atoms with Gasteiger partial charge in [0.05, 0.1) is 6.54 Å². The van der Waals surface area contributed by atoms with Gasteiger partial charge in [-0.25, -0.2) is 4.99 Å². The Labute approximate surface area is 156 Å². The highest BCUT2D eigenvalue weighted by atomic mass is 127. The molecule has 0 aromatic carbocycles. The molecule has 6 nitrogen and oxygen atoms in total. The van der Waals surface area contributed by atoms with E-state index in [1.807, 2.05) is 6.92 Å². The molecule has 0 spiro atoms. The molecule has 2 aromatic rings. The number of amides is 1. The summed E-state index contributed by atoms with van der Waals surface area (Å²) in [6.07, 6.45) is 0. The summed E-state index contributed by atoms with van der Waals surface area (Å²) in [5.74, 6) is 0.870. The maximum Gasteiger partial charge on any atom is 0.284 e. The summed E-state index contributed by atoms with van der Waals surface area (Å²) in [7, 11) is 0. The lowest BCUT2D eigenvalue weighted by molar-refractivity contribution is 0.0972. The van der Waals surface area contributed by atoms with Crippen LogP contribution in [0, 0.1) is 6.92 Å². The summed E-state index contributed by atoms with van der Waals surface area (Å²) in [5, 5.41) is 6.44. The van der Waals surface area contributed by atoms with Crippen molar-refractivity contribution < 1.29 is 9.21 Å². The number of hydrogen-bond donors (Lipinski definition) is 3. The number of nitrogens with two attached hydrogens (primary N) is 1. The maximum absolute atomic E-state index is 11.0. The zero-order chi connectivity index (χ0) is 15.9. The number of rotatable bonds is 6. The van der Waals surface area contributed by atoms with Crippen molar-refractivity contribution in [1.29, 1.82) is 0 Å². The van der Waals surface area contributed by atoms with Crippen molar-refractivity contribution in [2.24, 2.45) is 10.7 Å². The number of hydrogen-bond acceptors (Lipinski definition) is 4. The normalized spacial score (nSPS) is 11.0. The van der Waals surface area contributed by atoms with Gasteiger partial charge in [-0.1, -0.05) is 0 Å². The molecular weight excluding hydrogens is 427 g/mol. The van der Waals surface area contributed by atoms with Crippen LogP contribution in [0.25, 0.3) is 0 Å². The molecule has 0 unspecified atom stereocenters. The topological polar surface area (TPSA) is 92.6 Å². The zero-order valence-corrected chi connectivity index (χ0v) is 16.2. The van der Waals surface area contributed by atoms with Crippen LogP contribution in [0.3, 0.4) is 0 Å². The number of carbonyl (C=O) groups is 1. The quantitative estimate of drug-likeness (QED) is 0.360. The molecule has 2 aromatic heterocycles. The molecule has 0 saturated carbocycles. The largest absolute Gasteiger partial charge is 0.454 e. The fraction of sp³-hybridized carbons (Fsp3) is 0.333. The number of furan rings is 1. The molecule has 0 aliphatic rings. The first kappa shape index (κ1) is 19.5. The first-order valence-corrected chi connectivity index (χ1v) is 7.86. The second-order valence-corrected chi connectivity index (χ2v) is 6.06. The number of aryl methyl sites for hydroxylation is 1. The van der Waals surface area contributed by atoms with Crippen molar-refractivity contribution in [3.05, 3.63) is 45.5 Å². The number of guanidine groups is 1. The van der Waals surface area contributed by atoms with Gasteiger partial charge >= 0.3 is 0 Å². The second kappa shape index (κ2) is 9.56. The van der Waals surface area contributed by atoms with E-state index in [0.717, 1.165) is 13.1 Å². The highest BCUT2D eigenvalue weighted by Crippen LogP contribution is 2.14. The monoisotopic (exact) mass is 448 g/mol. The van der Waals surface area contributed by atoms with Crippen LogP contribution in [0.5, 0.6) is 0 Å². The molecule has 8 heteroatoms. The third kappa shape index (κ3) is 6.22. The molecule has 2 heterocycles. The number of nitrogens with one attached hydrogen (secondary N) is 2. The van der Waals surface area contributed by atoms with E-state index >= 15 is 0 Å². The second-order valence-electron chi connectivity index (χ2n) is 4.69. The van der Waals surface area contributed by atoms with Gasteiger partial charge in [0, 0.05) is 16.3 Å².